The summed E-state index contributed by atoms with van der Waals surface area (Å²) in [6.45, 7) is 2.13. The molecule has 0 bridgehead atoms. The topological polar surface area (TPSA) is 23.0 Å². The fourth-order valence-electron chi connectivity index (χ4n) is 15.2. The molecule has 7 heteroatoms. The number of benzene rings is 11. The summed E-state index contributed by atoms with van der Waals surface area (Å²) in [6, 6.07) is 82.9. The van der Waals surface area contributed by atoms with Crippen LogP contribution in [0.1, 0.15) is 5.56 Å². The van der Waals surface area contributed by atoms with Crippen LogP contribution in [-0.4, -0.2) is 31.8 Å². The molecule has 0 radical (unpaired) electrons. The van der Waals surface area contributed by atoms with Crippen molar-refractivity contribution in [2.24, 2.45) is 0 Å². The van der Waals surface area contributed by atoms with Gasteiger partial charge in [0.05, 0.1) is 27.8 Å². The molecule has 0 N–H and O–H groups in total. The Kier molecular flexibility index (Phi) is 6.79. The maximum atomic E-state index is 2.73. The number of para-hydroxylation sites is 8. The third-order valence-corrected chi connectivity index (χ3v) is 17.8. The summed E-state index contributed by atoms with van der Waals surface area (Å²) >= 11 is 0. The molecule has 19 rings (SSSR count). The minimum atomic E-state index is -0.129. The molecule has 5 nitrogen and oxygen atoms in total. The van der Waals surface area contributed by atoms with Crippen molar-refractivity contribution in [2.45, 2.75) is 6.92 Å². The SMILES string of the molecule is Cc1cc2c3c4c1c1ccccc1n4-c1cc4c(cc1B3n1c3ccccc3c3cccc-2c31)B1c2c(cc(N(c3ccccc3)c3ccccc3)c3c5ccccc5n-4c23)-c2cccc3c4ccccc4n1c23. The molecule has 0 saturated carbocycles. The van der Waals surface area contributed by atoms with Crippen molar-refractivity contribution in [2.75, 3.05) is 4.90 Å². The third-order valence-electron chi connectivity index (χ3n) is 17.8. The number of hydrogen-bond acceptors (Lipinski definition) is 1. The molecule has 0 unspecified atom stereocenters. The summed E-state index contributed by atoms with van der Waals surface area (Å²) in [6.07, 6.45) is 0. The third kappa shape index (κ3) is 4.31. The number of aryl methyl sites for hydroxylation is 1. The van der Waals surface area contributed by atoms with Gasteiger partial charge in [-0.1, -0.05) is 158 Å². The molecule has 8 heterocycles. The van der Waals surface area contributed by atoms with Crippen LogP contribution < -0.4 is 26.8 Å². The lowest BCUT2D eigenvalue weighted by molar-refractivity contribution is 1.13. The van der Waals surface area contributed by atoms with Crippen molar-refractivity contribution >= 4 is 140 Å². The minimum absolute atomic E-state index is 0.0743. The predicted octanol–water partition coefficient (Wildman–Crippen LogP) is 13.8. The van der Waals surface area contributed by atoms with Crippen LogP contribution in [0.3, 0.4) is 0 Å². The van der Waals surface area contributed by atoms with Crippen molar-refractivity contribution in [3.63, 3.8) is 0 Å². The van der Waals surface area contributed by atoms with Gasteiger partial charge in [0.1, 0.15) is 0 Å². The Labute approximate surface area is 425 Å². The van der Waals surface area contributed by atoms with Gasteiger partial charge in [-0.3, -0.25) is 0 Å². The summed E-state index contributed by atoms with van der Waals surface area (Å²) in [5, 5.41) is 10.3. The number of rotatable bonds is 3. The average Bonchev–Trinajstić information content (AvgIpc) is 4.23. The molecular formula is C67H39B2N5. The zero-order valence-corrected chi connectivity index (χ0v) is 40.2. The van der Waals surface area contributed by atoms with Crippen molar-refractivity contribution in [3.05, 3.63) is 224 Å². The van der Waals surface area contributed by atoms with E-state index in [1.165, 1.54) is 154 Å². The van der Waals surface area contributed by atoms with Crippen LogP contribution in [0.2, 0.25) is 0 Å². The first-order chi connectivity index (χ1) is 36.7. The van der Waals surface area contributed by atoms with Gasteiger partial charge in [0.25, 0.3) is 0 Å². The Morgan fingerprint density at radius 3 is 1.31 bits per heavy atom. The van der Waals surface area contributed by atoms with Crippen LogP contribution in [0.5, 0.6) is 0 Å². The van der Waals surface area contributed by atoms with E-state index in [0.717, 1.165) is 11.4 Å². The summed E-state index contributed by atoms with van der Waals surface area (Å²) in [5.41, 5.74) is 28.0. The minimum Gasteiger partial charge on any atom is -0.375 e. The van der Waals surface area contributed by atoms with Crippen LogP contribution in [0.25, 0.3) is 121 Å². The highest BCUT2D eigenvalue weighted by molar-refractivity contribution is 6.93. The average molecular weight is 936 g/mol. The van der Waals surface area contributed by atoms with Crippen molar-refractivity contribution < 1.29 is 0 Å². The van der Waals surface area contributed by atoms with Gasteiger partial charge >= 0.3 is 13.7 Å². The second kappa shape index (κ2) is 13.1. The van der Waals surface area contributed by atoms with E-state index < -0.39 is 0 Å². The van der Waals surface area contributed by atoms with Gasteiger partial charge in [0, 0.05) is 99.0 Å². The smallest absolute Gasteiger partial charge is 0.333 e. The van der Waals surface area contributed by atoms with Gasteiger partial charge < -0.3 is 23.0 Å². The van der Waals surface area contributed by atoms with E-state index in [9.17, 15) is 0 Å². The van der Waals surface area contributed by atoms with Gasteiger partial charge in [-0.15, -0.1) is 0 Å². The Hall–Kier alpha value is -9.45. The summed E-state index contributed by atoms with van der Waals surface area (Å²) in [7, 11) is 0. The van der Waals surface area contributed by atoms with Crippen LogP contribution in [0.15, 0.2) is 218 Å². The molecule has 0 aliphatic carbocycles. The molecule has 4 aliphatic heterocycles. The lowest BCUT2D eigenvalue weighted by Gasteiger charge is -2.38. The van der Waals surface area contributed by atoms with Crippen LogP contribution >= 0.6 is 0 Å². The first-order valence-electron chi connectivity index (χ1n) is 26.0. The first kappa shape index (κ1) is 38.3. The lowest BCUT2D eigenvalue weighted by atomic mass is 9.41. The zero-order valence-electron chi connectivity index (χ0n) is 40.2. The van der Waals surface area contributed by atoms with Gasteiger partial charge in [0.15, 0.2) is 0 Å². The predicted molar refractivity (Wildman–Crippen MR) is 312 cm³/mol. The van der Waals surface area contributed by atoms with Gasteiger partial charge in [-0.25, -0.2) is 0 Å². The van der Waals surface area contributed by atoms with E-state index in [1.807, 2.05) is 0 Å². The molecule has 4 aromatic heterocycles. The quantitative estimate of drug-likeness (QED) is 0.162. The molecular weight excluding hydrogens is 896 g/mol. The number of aromatic nitrogens is 4. The highest BCUT2D eigenvalue weighted by Crippen LogP contribution is 2.51. The van der Waals surface area contributed by atoms with Crippen molar-refractivity contribution in [1.82, 2.24) is 18.1 Å². The summed E-state index contributed by atoms with van der Waals surface area (Å²) < 4.78 is 10.8. The van der Waals surface area contributed by atoms with E-state index in [4.69, 9.17) is 0 Å². The second-order valence-corrected chi connectivity index (χ2v) is 21.1. The Morgan fingerprint density at radius 2 is 0.770 bits per heavy atom. The Balaban J connectivity index is 1.04. The molecule has 338 valence electrons. The fourth-order valence-corrected chi connectivity index (χ4v) is 15.2. The van der Waals surface area contributed by atoms with Crippen LogP contribution in [0.4, 0.5) is 17.1 Å². The number of nitrogens with zero attached hydrogens (tertiary/aromatic N) is 5. The highest BCUT2D eigenvalue weighted by Gasteiger charge is 2.47. The molecule has 15 aromatic rings. The summed E-state index contributed by atoms with van der Waals surface area (Å²) in [4.78, 5) is 2.50. The lowest BCUT2D eigenvalue weighted by Crippen LogP contribution is -2.60. The Morgan fingerprint density at radius 1 is 0.338 bits per heavy atom. The standard InChI is InChI=1S/C67H39B2N5/c1-38-34-49-45-28-16-26-43-41-22-8-14-32-55(41)73(64(43)45)68-51-36-52-58(37-57(51)71-53-30-12-10-24-47(53)60(38)66(71)62(49)68)72-54-31-13-11-25-48(54)61-59(70(39-18-4-2-5-19-39)40-20-6-3-7-21-40)35-50-46-29-17-27-44-42-23-9-15-33-56(42)74(65(44)46)69(52)63(50)67(61)72/h2-37H,1H3. The first-order valence-corrected chi connectivity index (χ1v) is 26.0. The maximum Gasteiger partial charge on any atom is 0.333 e. The molecule has 0 amide bonds. The molecule has 74 heavy (non-hydrogen) atoms. The normalized spacial score (nSPS) is 13.4. The molecule has 4 aliphatic rings. The molecule has 0 fully saturated rings. The van der Waals surface area contributed by atoms with Crippen LogP contribution in [-0.2, 0) is 0 Å². The van der Waals surface area contributed by atoms with E-state index in [2.05, 4.69) is 248 Å². The molecule has 0 saturated heterocycles. The van der Waals surface area contributed by atoms with Crippen LogP contribution in [0, 0.1) is 6.92 Å². The fraction of sp³-hybridized carbons (Fsp3) is 0.0149. The number of fused-ring (bicyclic) bond motifs is 22. The molecule has 11 aromatic carbocycles. The van der Waals surface area contributed by atoms with Gasteiger partial charge in [-0.2, -0.15) is 0 Å². The largest absolute Gasteiger partial charge is 0.375 e. The van der Waals surface area contributed by atoms with Crippen molar-refractivity contribution in [3.8, 4) is 33.6 Å². The summed E-state index contributed by atoms with van der Waals surface area (Å²) in [5.74, 6) is 0. The maximum absolute atomic E-state index is 2.73. The Bertz CT molecular complexity index is 5070. The molecule has 0 atom stereocenters. The number of hydrogen-bond donors (Lipinski definition) is 0. The zero-order chi connectivity index (χ0) is 47.8. The van der Waals surface area contributed by atoms with E-state index in [0.29, 0.717) is 0 Å². The highest BCUT2D eigenvalue weighted by atomic mass is 15.2. The van der Waals surface area contributed by atoms with Gasteiger partial charge in [0.2, 0.25) is 0 Å². The van der Waals surface area contributed by atoms with E-state index in [-0.39, 0.29) is 13.7 Å². The van der Waals surface area contributed by atoms with E-state index >= 15 is 0 Å². The van der Waals surface area contributed by atoms with Gasteiger partial charge in [-0.05, 0) is 106 Å². The molecule has 0 spiro atoms. The number of anilines is 3. The monoisotopic (exact) mass is 935 g/mol. The van der Waals surface area contributed by atoms with E-state index in [1.54, 1.807) is 0 Å². The second-order valence-electron chi connectivity index (χ2n) is 21.1. The van der Waals surface area contributed by atoms with Crippen molar-refractivity contribution in [1.29, 1.82) is 0 Å².